The number of rotatable bonds is 5. The minimum atomic E-state index is 0.636. The van der Waals surface area contributed by atoms with Gasteiger partial charge in [-0.2, -0.15) is 0 Å². The molecule has 16 heavy (non-hydrogen) atoms. The Morgan fingerprint density at radius 2 is 2.12 bits per heavy atom. The summed E-state index contributed by atoms with van der Waals surface area (Å²) in [4.78, 5) is 0. The van der Waals surface area contributed by atoms with Crippen LogP contribution in [0.2, 0.25) is 0 Å². The Morgan fingerprint density at radius 1 is 1.38 bits per heavy atom. The average Bonchev–Trinajstić information content (AvgIpc) is 2.22. The molecular weight excluding hydrogens is 262 g/mol. The predicted octanol–water partition coefficient (Wildman–Crippen LogP) is 4.12. The first-order valence-electron chi connectivity index (χ1n) is 6.22. The van der Waals surface area contributed by atoms with Crippen molar-refractivity contribution >= 4 is 15.9 Å². The molecule has 1 N–H and O–H groups in total. The summed E-state index contributed by atoms with van der Waals surface area (Å²) in [5.41, 5.74) is 1.35. The van der Waals surface area contributed by atoms with Gasteiger partial charge >= 0.3 is 0 Å². The molecule has 1 aromatic carbocycles. The lowest BCUT2D eigenvalue weighted by atomic mass is 9.81. The summed E-state index contributed by atoms with van der Waals surface area (Å²) in [5, 5.41) is 3.61. The Morgan fingerprint density at radius 3 is 2.75 bits per heavy atom. The van der Waals surface area contributed by atoms with Crippen molar-refractivity contribution in [2.75, 3.05) is 0 Å². The van der Waals surface area contributed by atoms with Crippen LogP contribution in [0.25, 0.3) is 0 Å². The summed E-state index contributed by atoms with van der Waals surface area (Å²) < 4.78 is 1.21. The van der Waals surface area contributed by atoms with Crippen LogP contribution in [0.3, 0.4) is 0 Å². The quantitative estimate of drug-likeness (QED) is 0.856. The molecule has 2 rings (SSSR count). The van der Waals surface area contributed by atoms with Crippen molar-refractivity contribution in [2.24, 2.45) is 5.92 Å². The van der Waals surface area contributed by atoms with E-state index in [9.17, 15) is 0 Å². The molecular formula is C14H20BrN. The zero-order valence-electron chi connectivity index (χ0n) is 9.88. The van der Waals surface area contributed by atoms with E-state index >= 15 is 0 Å². The fraction of sp³-hybridized carbons (Fsp3) is 0.571. The lowest BCUT2D eigenvalue weighted by Crippen LogP contribution is -2.29. The van der Waals surface area contributed by atoms with Crippen LogP contribution in [-0.2, 0) is 6.54 Å². The third-order valence-electron chi connectivity index (χ3n) is 3.51. The van der Waals surface area contributed by atoms with E-state index in [4.69, 9.17) is 0 Å². The van der Waals surface area contributed by atoms with Gasteiger partial charge in [-0.3, -0.25) is 0 Å². The minimum Gasteiger partial charge on any atom is -0.310 e. The van der Waals surface area contributed by atoms with Crippen LogP contribution < -0.4 is 5.32 Å². The van der Waals surface area contributed by atoms with Crippen molar-refractivity contribution in [3.05, 3.63) is 34.3 Å². The molecule has 1 saturated carbocycles. The van der Waals surface area contributed by atoms with E-state index in [1.54, 1.807) is 0 Å². The summed E-state index contributed by atoms with van der Waals surface area (Å²) in [6.07, 6.45) is 5.67. The molecule has 0 aromatic heterocycles. The largest absolute Gasteiger partial charge is 0.310 e. The highest BCUT2D eigenvalue weighted by molar-refractivity contribution is 9.10. The topological polar surface area (TPSA) is 12.0 Å². The molecule has 1 aromatic rings. The average molecular weight is 282 g/mol. The Bertz CT molecular complexity index is 333. The number of halogens is 1. The SMILES string of the molecule is CC(CC1CCC1)NCc1ccccc1Br. The van der Waals surface area contributed by atoms with Crippen molar-refractivity contribution in [2.45, 2.75) is 45.2 Å². The Labute approximate surface area is 107 Å². The van der Waals surface area contributed by atoms with Crippen LogP contribution in [0, 0.1) is 5.92 Å². The number of nitrogens with one attached hydrogen (secondary N) is 1. The zero-order chi connectivity index (χ0) is 11.4. The molecule has 2 heteroatoms. The van der Waals surface area contributed by atoms with Gasteiger partial charge in [0.15, 0.2) is 0 Å². The van der Waals surface area contributed by atoms with Crippen LogP contribution in [0.5, 0.6) is 0 Å². The van der Waals surface area contributed by atoms with Gasteiger partial charge in [0, 0.05) is 17.1 Å². The highest BCUT2D eigenvalue weighted by Crippen LogP contribution is 2.30. The van der Waals surface area contributed by atoms with Gasteiger partial charge in [0.1, 0.15) is 0 Å². The Hall–Kier alpha value is -0.340. The highest BCUT2D eigenvalue weighted by Gasteiger charge is 2.19. The van der Waals surface area contributed by atoms with E-state index in [1.807, 2.05) is 0 Å². The van der Waals surface area contributed by atoms with Gasteiger partial charge < -0.3 is 5.32 Å². The monoisotopic (exact) mass is 281 g/mol. The standard InChI is InChI=1S/C14H20BrN/c1-11(9-12-5-4-6-12)16-10-13-7-2-3-8-14(13)15/h2-3,7-8,11-12,16H,4-6,9-10H2,1H3. The second-order valence-corrected chi connectivity index (χ2v) is 5.76. The molecule has 1 atom stereocenters. The molecule has 1 aliphatic rings. The molecule has 0 heterocycles. The summed E-state index contributed by atoms with van der Waals surface area (Å²) in [6.45, 7) is 3.27. The number of hydrogen-bond acceptors (Lipinski definition) is 1. The maximum atomic E-state index is 3.61. The van der Waals surface area contributed by atoms with Gasteiger partial charge in [0.2, 0.25) is 0 Å². The van der Waals surface area contributed by atoms with Crippen LogP contribution in [-0.4, -0.2) is 6.04 Å². The summed E-state index contributed by atoms with van der Waals surface area (Å²) in [6, 6.07) is 9.07. The Balaban J connectivity index is 1.75. The molecule has 0 aliphatic heterocycles. The van der Waals surface area contributed by atoms with Crippen molar-refractivity contribution in [3.63, 3.8) is 0 Å². The smallest absolute Gasteiger partial charge is 0.0220 e. The van der Waals surface area contributed by atoms with E-state index in [0.717, 1.165) is 12.5 Å². The molecule has 0 amide bonds. The van der Waals surface area contributed by atoms with E-state index in [2.05, 4.69) is 52.4 Å². The first kappa shape index (κ1) is 12.1. The second-order valence-electron chi connectivity index (χ2n) is 4.91. The normalized spacial score (nSPS) is 18.1. The van der Waals surface area contributed by atoms with Crippen molar-refractivity contribution in [1.82, 2.24) is 5.32 Å². The van der Waals surface area contributed by atoms with Crippen molar-refractivity contribution < 1.29 is 0 Å². The maximum Gasteiger partial charge on any atom is 0.0220 e. The van der Waals surface area contributed by atoms with E-state index in [0.29, 0.717) is 6.04 Å². The molecule has 1 unspecified atom stereocenters. The van der Waals surface area contributed by atoms with Crippen molar-refractivity contribution in [3.8, 4) is 0 Å². The van der Waals surface area contributed by atoms with E-state index < -0.39 is 0 Å². The third-order valence-corrected chi connectivity index (χ3v) is 4.28. The van der Waals surface area contributed by atoms with Crippen LogP contribution in [0.4, 0.5) is 0 Å². The summed E-state index contributed by atoms with van der Waals surface area (Å²) in [5.74, 6) is 0.988. The van der Waals surface area contributed by atoms with Crippen LogP contribution in [0.1, 0.15) is 38.2 Å². The second kappa shape index (κ2) is 5.83. The first-order valence-corrected chi connectivity index (χ1v) is 7.02. The summed E-state index contributed by atoms with van der Waals surface area (Å²) >= 11 is 3.58. The highest BCUT2D eigenvalue weighted by atomic mass is 79.9. The van der Waals surface area contributed by atoms with Gasteiger partial charge in [0.25, 0.3) is 0 Å². The fourth-order valence-corrected chi connectivity index (χ4v) is 2.66. The molecule has 1 nitrogen and oxygen atoms in total. The zero-order valence-corrected chi connectivity index (χ0v) is 11.5. The molecule has 1 fully saturated rings. The van der Waals surface area contributed by atoms with Gasteiger partial charge in [-0.1, -0.05) is 53.4 Å². The predicted molar refractivity (Wildman–Crippen MR) is 72.4 cm³/mol. The number of hydrogen-bond donors (Lipinski definition) is 1. The fourth-order valence-electron chi connectivity index (χ4n) is 2.24. The molecule has 0 saturated heterocycles. The van der Waals surface area contributed by atoms with Gasteiger partial charge in [0.05, 0.1) is 0 Å². The minimum absolute atomic E-state index is 0.636. The summed E-state index contributed by atoms with van der Waals surface area (Å²) in [7, 11) is 0. The maximum absolute atomic E-state index is 3.61. The third kappa shape index (κ3) is 3.33. The molecule has 0 spiro atoms. The molecule has 0 bridgehead atoms. The van der Waals surface area contributed by atoms with Crippen LogP contribution >= 0.6 is 15.9 Å². The molecule has 88 valence electrons. The van der Waals surface area contributed by atoms with E-state index in [-0.39, 0.29) is 0 Å². The van der Waals surface area contributed by atoms with Gasteiger partial charge in [-0.15, -0.1) is 0 Å². The lowest BCUT2D eigenvalue weighted by Gasteiger charge is -2.28. The molecule has 1 aliphatic carbocycles. The van der Waals surface area contributed by atoms with Gasteiger partial charge in [-0.05, 0) is 30.9 Å². The molecule has 0 radical (unpaired) electrons. The van der Waals surface area contributed by atoms with E-state index in [1.165, 1.54) is 35.7 Å². The van der Waals surface area contributed by atoms with Crippen LogP contribution in [0.15, 0.2) is 28.7 Å². The Kier molecular flexibility index (Phi) is 4.42. The lowest BCUT2D eigenvalue weighted by molar-refractivity contribution is 0.265. The van der Waals surface area contributed by atoms with Gasteiger partial charge in [-0.25, -0.2) is 0 Å². The first-order chi connectivity index (χ1) is 7.75. The van der Waals surface area contributed by atoms with Crippen molar-refractivity contribution in [1.29, 1.82) is 0 Å². The number of benzene rings is 1.